The van der Waals surface area contributed by atoms with Crippen LogP contribution in [0.2, 0.25) is 0 Å². The number of nitrogens with one attached hydrogen (secondary N) is 2. The number of anilines is 2. The molecule has 0 aliphatic rings. The summed E-state index contributed by atoms with van der Waals surface area (Å²) in [7, 11) is 1.80. The lowest BCUT2D eigenvalue weighted by Gasteiger charge is -2.12. The maximum Gasteiger partial charge on any atom is 0.326 e. The minimum atomic E-state index is -0.697. The molecule has 2 amide bonds. The van der Waals surface area contributed by atoms with Gasteiger partial charge in [-0.25, -0.2) is 14.2 Å². The largest absolute Gasteiger partial charge is 0.424 e. The van der Waals surface area contributed by atoms with Crippen molar-refractivity contribution in [3.05, 3.63) is 60.4 Å². The molecule has 2 N–H and O–H groups in total. The SMILES string of the molecule is Cn1cc(-c2ccnc(Oc3ccc(F)c(NC(=O)Nc4cc(C(C)(C)C)no4)c3)n2)cn1. The zero-order valence-electron chi connectivity index (χ0n) is 18.5. The van der Waals surface area contributed by atoms with Gasteiger partial charge in [-0.3, -0.25) is 10.00 Å². The Morgan fingerprint density at radius 2 is 2.00 bits per heavy atom. The van der Waals surface area contributed by atoms with E-state index in [2.05, 4.69) is 30.9 Å². The first-order chi connectivity index (χ1) is 15.7. The number of hydrogen-bond acceptors (Lipinski definition) is 7. The van der Waals surface area contributed by atoms with Crippen LogP contribution in [0, 0.1) is 5.82 Å². The average Bonchev–Trinajstić information content (AvgIpc) is 3.40. The number of benzene rings is 1. The first-order valence-electron chi connectivity index (χ1n) is 10.0. The lowest BCUT2D eigenvalue weighted by atomic mass is 9.92. The van der Waals surface area contributed by atoms with Crippen molar-refractivity contribution in [1.82, 2.24) is 24.9 Å². The van der Waals surface area contributed by atoms with Crippen LogP contribution < -0.4 is 15.4 Å². The van der Waals surface area contributed by atoms with Gasteiger partial charge in [0, 0.05) is 42.6 Å². The predicted molar refractivity (Wildman–Crippen MR) is 119 cm³/mol. The van der Waals surface area contributed by atoms with Crippen LogP contribution >= 0.6 is 0 Å². The Morgan fingerprint density at radius 1 is 1.18 bits per heavy atom. The summed E-state index contributed by atoms with van der Waals surface area (Å²) in [5.41, 5.74) is 1.75. The Hall–Kier alpha value is -4.28. The standard InChI is InChI=1S/C22H22FN7O3/c1-22(2,3)18-10-19(33-29-18)28-20(31)26-17-9-14(5-6-15(17)23)32-21-24-8-7-16(27-21)13-11-25-30(4)12-13/h5-12H,1-4H3,(H2,26,28,31). The van der Waals surface area contributed by atoms with Crippen molar-refractivity contribution in [3.8, 4) is 23.0 Å². The van der Waals surface area contributed by atoms with Crippen molar-refractivity contribution in [2.24, 2.45) is 7.05 Å². The maximum atomic E-state index is 14.3. The van der Waals surface area contributed by atoms with E-state index in [0.29, 0.717) is 11.4 Å². The van der Waals surface area contributed by atoms with Crippen LogP contribution in [0.3, 0.4) is 0 Å². The first kappa shape index (κ1) is 21.9. The van der Waals surface area contributed by atoms with Gasteiger partial charge in [-0.05, 0) is 18.2 Å². The summed E-state index contributed by atoms with van der Waals surface area (Å²) in [4.78, 5) is 20.7. The number of carbonyl (C=O) groups excluding carboxylic acids is 1. The summed E-state index contributed by atoms with van der Waals surface area (Å²) >= 11 is 0. The number of nitrogens with zero attached hydrogens (tertiary/aromatic N) is 5. The molecule has 10 nitrogen and oxygen atoms in total. The third kappa shape index (κ3) is 5.32. The van der Waals surface area contributed by atoms with E-state index in [-0.39, 0.29) is 28.7 Å². The van der Waals surface area contributed by atoms with Gasteiger partial charge in [0.05, 0.1) is 23.3 Å². The minimum Gasteiger partial charge on any atom is -0.424 e. The molecule has 1 aromatic carbocycles. The molecule has 0 bridgehead atoms. The number of urea groups is 1. The summed E-state index contributed by atoms with van der Waals surface area (Å²) in [6.45, 7) is 5.89. The third-order valence-corrected chi connectivity index (χ3v) is 4.54. The van der Waals surface area contributed by atoms with Crippen LogP contribution in [-0.4, -0.2) is 30.9 Å². The van der Waals surface area contributed by atoms with E-state index in [4.69, 9.17) is 9.26 Å². The number of rotatable bonds is 5. The summed E-state index contributed by atoms with van der Waals surface area (Å²) in [6.07, 6.45) is 5.03. The fourth-order valence-corrected chi connectivity index (χ4v) is 2.83. The second kappa shape index (κ2) is 8.69. The highest BCUT2D eigenvalue weighted by Crippen LogP contribution is 2.27. The van der Waals surface area contributed by atoms with Crippen molar-refractivity contribution in [2.45, 2.75) is 26.2 Å². The van der Waals surface area contributed by atoms with E-state index in [1.165, 1.54) is 18.2 Å². The lowest BCUT2D eigenvalue weighted by Crippen LogP contribution is -2.20. The number of aryl methyl sites for hydroxylation is 1. The number of halogens is 1. The van der Waals surface area contributed by atoms with Crippen molar-refractivity contribution >= 4 is 17.6 Å². The molecule has 0 saturated heterocycles. The fourth-order valence-electron chi connectivity index (χ4n) is 2.83. The molecule has 0 atom stereocenters. The van der Waals surface area contributed by atoms with Crippen molar-refractivity contribution in [3.63, 3.8) is 0 Å². The molecule has 0 aliphatic carbocycles. The Balaban J connectivity index is 1.46. The van der Waals surface area contributed by atoms with Gasteiger partial charge in [0.2, 0.25) is 5.88 Å². The number of carbonyl (C=O) groups is 1. The molecular formula is C22H22FN7O3. The number of aromatic nitrogens is 5. The smallest absolute Gasteiger partial charge is 0.326 e. The zero-order chi connectivity index (χ0) is 23.6. The van der Waals surface area contributed by atoms with Crippen LogP contribution in [0.25, 0.3) is 11.3 Å². The zero-order valence-corrected chi connectivity index (χ0v) is 18.5. The van der Waals surface area contributed by atoms with Gasteiger partial charge < -0.3 is 14.6 Å². The van der Waals surface area contributed by atoms with Gasteiger partial charge in [-0.15, -0.1) is 0 Å². The average molecular weight is 451 g/mol. The van der Waals surface area contributed by atoms with Crippen LogP contribution in [0.4, 0.5) is 20.8 Å². The normalized spacial score (nSPS) is 11.3. The molecule has 4 rings (SSSR count). The Bertz CT molecular complexity index is 1290. The van der Waals surface area contributed by atoms with Crippen molar-refractivity contribution in [1.29, 1.82) is 0 Å². The molecule has 0 aliphatic heterocycles. The number of hydrogen-bond donors (Lipinski definition) is 2. The predicted octanol–water partition coefficient (Wildman–Crippen LogP) is 4.74. The highest BCUT2D eigenvalue weighted by Gasteiger charge is 2.20. The van der Waals surface area contributed by atoms with Crippen LogP contribution in [0.5, 0.6) is 11.8 Å². The van der Waals surface area contributed by atoms with Gasteiger partial charge in [0.25, 0.3) is 0 Å². The Labute approximate surface area is 188 Å². The fraction of sp³-hybridized carbons (Fsp3) is 0.227. The second-order valence-electron chi connectivity index (χ2n) is 8.28. The quantitative estimate of drug-likeness (QED) is 0.450. The van der Waals surface area contributed by atoms with Gasteiger partial charge >= 0.3 is 12.0 Å². The monoisotopic (exact) mass is 451 g/mol. The Kier molecular flexibility index (Phi) is 5.78. The van der Waals surface area contributed by atoms with Crippen molar-refractivity contribution < 1.29 is 18.4 Å². The second-order valence-corrected chi connectivity index (χ2v) is 8.28. The molecule has 4 aromatic rings. The molecule has 0 fully saturated rings. The lowest BCUT2D eigenvalue weighted by molar-refractivity contribution is 0.261. The molecule has 0 unspecified atom stereocenters. The number of ether oxygens (including phenoxy) is 1. The highest BCUT2D eigenvalue weighted by molar-refractivity contribution is 5.99. The highest BCUT2D eigenvalue weighted by atomic mass is 19.1. The summed E-state index contributed by atoms with van der Waals surface area (Å²) < 4.78 is 26.7. The van der Waals surface area contributed by atoms with Gasteiger partial charge in [-0.2, -0.15) is 10.1 Å². The number of amides is 2. The molecule has 0 saturated carbocycles. The third-order valence-electron chi connectivity index (χ3n) is 4.54. The topological polar surface area (TPSA) is 120 Å². The van der Waals surface area contributed by atoms with E-state index in [1.807, 2.05) is 27.0 Å². The van der Waals surface area contributed by atoms with E-state index >= 15 is 0 Å². The van der Waals surface area contributed by atoms with Gasteiger partial charge in [0.15, 0.2) is 0 Å². The van der Waals surface area contributed by atoms with E-state index in [1.54, 1.807) is 36.3 Å². The minimum absolute atomic E-state index is 0.0646. The first-order valence-corrected chi connectivity index (χ1v) is 10.0. The van der Waals surface area contributed by atoms with Crippen LogP contribution in [0.15, 0.2) is 53.4 Å². The van der Waals surface area contributed by atoms with Crippen molar-refractivity contribution in [2.75, 3.05) is 10.6 Å². The molecule has 3 heterocycles. The molecule has 33 heavy (non-hydrogen) atoms. The molecule has 0 spiro atoms. The van der Waals surface area contributed by atoms with Gasteiger partial charge in [0.1, 0.15) is 11.6 Å². The molecule has 0 radical (unpaired) electrons. The molecule has 11 heteroatoms. The molecular weight excluding hydrogens is 429 g/mol. The van der Waals surface area contributed by atoms with Crippen LogP contribution in [0.1, 0.15) is 26.5 Å². The summed E-state index contributed by atoms with van der Waals surface area (Å²) in [5.74, 6) is -0.258. The Morgan fingerprint density at radius 3 is 2.70 bits per heavy atom. The van der Waals surface area contributed by atoms with E-state index in [9.17, 15) is 9.18 Å². The van der Waals surface area contributed by atoms with E-state index in [0.717, 1.165) is 5.56 Å². The molecule has 170 valence electrons. The summed E-state index contributed by atoms with van der Waals surface area (Å²) in [6, 6.07) is 6.61. The van der Waals surface area contributed by atoms with Gasteiger partial charge in [-0.1, -0.05) is 25.9 Å². The van der Waals surface area contributed by atoms with E-state index < -0.39 is 11.8 Å². The molecule has 3 aromatic heterocycles. The van der Waals surface area contributed by atoms with Crippen LogP contribution in [-0.2, 0) is 12.5 Å². The maximum absolute atomic E-state index is 14.3. The summed E-state index contributed by atoms with van der Waals surface area (Å²) in [5, 5.41) is 13.0.